The highest BCUT2D eigenvalue weighted by Gasteiger charge is 2.27. The van der Waals surface area contributed by atoms with Crippen LogP contribution in [-0.4, -0.2) is 38.3 Å². The van der Waals surface area contributed by atoms with E-state index in [1.54, 1.807) is 0 Å². The van der Waals surface area contributed by atoms with Crippen LogP contribution in [0.1, 0.15) is 12.0 Å². The van der Waals surface area contributed by atoms with Gasteiger partial charge in [-0.2, -0.15) is 0 Å². The summed E-state index contributed by atoms with van der Waals surface area (Å²) in [6.07, 6.45) is 1.39. The fourth-order valence-electron chi connectivity index (χ4n) is 2.68. The third kappa shape index (κ3) is 3.26. The van der Waals surface area contributed by atoms with Crippen LogP contribution in [0.5, 0.6) is 0 Å². The number of carbonyl (C=O) groups excluding carboxylic acids is 1. The largest absolute Gasteiger partial charge is 0.378 e. The predicted octanol–water partition coefficient (Wildman–Crippen LogP) is 2.03. The summed E-state index contributed by atoms with van der Waals surface area (Å²) >= 11 is 6.01. The van der Waals surface area contributed by atoms with Gasteiger partial charge in [0.2, 0.25) is 5.91 Å². The zero-order valence-electron chi connectivity index (χ0n) is 11.1. The highest BCUT2D eigenvalue weighted by Crippen LogP contribution is 2.31. The molecule has 4 nitrogen and oxygen atoms in total. The lowest BCUT2D eigenvalue weighted by Gasteiger charge is -2.26. The Morgan fingerprint density at radius 2 is 2.35 bits per heavy atom. The number of rotatable bonds is 2. The van der Waals surface area contributed by atoms with Gasteiger partial charge in [-0.05, 0) is 24.1 Å². The van der Waals surface area contributed by atoms with Crippen molar-refractivity contribution in [1.29, 1.82) is 0 Å². The van der Waals surface area contributed by atoms with Crippen molar-refractivity contribution >= 4 is 35.6 Å². The first-order valence-electron chi connectivity index (χ1n) is 6.64. The molecule has 6 heteroatoms. The van der Waals surface area contributed by atoms with Gasteiger partial charge in [-0.25, -0.2) is 0 Å². The molecule has 1 aromatic rings. The second-order valence-electron chi connectivity index (χ2n) is 5.00. The minimum atomic E-state index is 0. The molecule has 2 aliphatic rings. The van der Waals surface area contributed by atoms with Crippen molar-refractivity contribution in [2.75, 3.05) is 31.2 Å². The van der Waals surface area contributed by atoms with Crippen LogP contribution < -0.4 is 10.2 Å². The van der Waals surface area contributed by atoms with Gasteiger partial charge in [0, 0.05) is 36.3 Å². The molecule has 20 heavy (non-hydrogen) atoms. The number of nitrogens with zero attached hydrogens (tertiary/aromatic N) is 1. The smallest absolute Gasteiger partial charge is 0.228 e. The second-order valence-corrected chi connectivity index (χ2v) is 5.43. The second kappa shape index (κ2) is 6.76. The molecular formula is C14H18Cl2N2O2. The molecule has 1 N–H and O–H groups in total. The Morgan fingerprint density at radius 1 is 1.50 bits per heavy atom. The lowest BCUT2D eigenvalue weighted by Crippen LogP contribution is -2.45. The van der Waals surface area contributed by atoms with Crippen molar-refractivity contribution in [3.63, 3.8) is 0 Å². The summed E-state index contributed by atoms with van der Waals surface area (Å²) in [6.45, 7) is 2.91. The van der Waals surface area contributed by atoms with Gasteiger partial charge in [0.1, 0.15) is 0 Å². The van der Waals surface area contributed by atoms with E-state index >= 15 is 0 Å². The van der Waals surface area contributed by atoms with Crippen LogP contribution in [0.3, 0.4) is 0 Å². The number of halogens is 2. The number of hydrogen-bond acceptors (Lipinski definition) is 3. The molecule has 1 unspecified atom stereocenters. The summed E-state index contributed by atoms with van der Waals surface area (Å²) in [6, 6.07) is 5.90. The van der Waals surface area contributed by atoms with E-state index in [2.05, 4.69) is 5.32 Å². The molecule has 3 rings (SSSR count). The zero-order chi connectivity index (χ0) is 13.2. The Balaban J connectivity index is 0.00000147. The summed E-state index contributed by atoms with van der Waals surface area (Å²) in [5, 5.41) is 3.99. The van der Waals surface area contributed by atoms with E-state index in [1.807, 2.05) is 23.1 Å². The minimum absolute atomic E-state index is 0. The number of amides is 1. The molecule has 1 saturated heterocycles. The van der Waals surface area contributed by atoms with Gasteiger partial charge < -0.3 is 15.0 Å². The lowest BCUT2D eigenvalue weighted by atomic mass is 10.1. The van der Waals surface area contributed by atoms with E-state index in [1.165, 1.54) is 5.56 Å². The standard InChI is InChI=1S/C14H17ClN2O2.ClH/c15-11-2-1-10-3-5-17(13(10)7-11)14(18)8-12-9-19-6-4-16-12;/h1-2,7,12,16H,3-6,8-9H2;1H. The number of carbonyl (C=O) groups is 1. The Hall–Kier alpha value is -0.810. The maximum atomic E-state index is 12.4. The molecule has 0 spiro atoms. The van der Waals surface area contributed by atoms with Crippen LogP contribution in [0.25, 0.3) is 0 Å². The molecular weight excluding hydrogens is 299 g/mol. The first kappa shape index (κ1) is 15.6. The topological polar surface area (TPSA) is 41.6 Å². The Morgan fingerprint density at radius 3 is 3.10 bits per heavy atom. The molecule has 1 aromatic carbocycles. The zero-order valence-corrected chi connectivity index (χ0v) is 12.7. The van der Waals surface area contributed by atoms with E-state index in [-0.39, 0.29) is 24.4 Å². The van der Waals surface area contributed by atoms with E-state index in [0.717, 1.165) is 31.8 Å². The summed E-state index contributed by atoms with van der Waals surface area (Å²) in [7, 11) is 0. The molecule has 1 atom stereocenters. The number of morpholine rings is 1. The van der Waals surface area contributed by atoms with Gasteiger partial charge in [-0.3, -0.25) is 4.79 Å². The molecule has 110 valence electrons. The molecule has 2 heterocycles. The average Bonchev–Trinajstić information content (AvgIpc) is 2.82. The van der Waals surface area contributed by atoms with Crippen LogP contribution in [0.15, 0.2) is 18.2 Å². The van der Waals surface area contributed by atoms with Crippen molar-refractivity contribution in [1.82, 2.24) is 5.32 Å². The summed E-state index contributed by atoms with van der Waals surface area (Å²) < 4.78 is 5.38. The Bertz CT molecular complexity index is 490. The Kier molecular flexibility index (Phi) is 5.27. The van der Waals surface area contributed by atoms with Gasteiger partial charge in [0.25, 0.3) is 0 Å². The maximum Gasteiger partial charge on any atom is 0.228 e. The van der Waals surface area contributed by atoms with Crippen molar-refractivity contribution in [3.8, 4) is 0 Å². The number of anilines is 1. The molecule has 0 bridgehead atoms. The van der Waals surface area contributed by atoms with Gasteiger partial charge >= 0.3 is 0 Å². The van der Waals surface area contributed by atoms with Crippen molar-refractivity contribution in [2.24, 2.45) is 0 Å². The van der Waals surface area contributed by atoms with Crippen molar-refractivity contribution in [3.05, 3.63) is 28.8 Å². The summed E-state index contributed by atoms with van der Waals surface area (Å²) in [5.41, 5.74) is 2.17. The predicted molar refractivity (Wildman–Crippen MR) is 82.0 cm³/mol. The van der Waals surface area contributed by atoms with E-state index in [4.69, 9.17) is 16.3 Å². The van der Waals surface area contributed by atoms with Crippen LogP contribution in [-0.2, 0) is 16.0 Å². The van der Waals surface area contributed by atoms with E-state index in [9.17, 15) is 4.79 Å². The van der Waals surface area contributed by atoms with Crippen LogP contribution in [0, 0.1) is 0 Å². The third-order valence-corrected chi connectivity index (χ3v) is 3.90. The molecule has 2 aliphatic heterocycles. The van der Waals surface area contributed by atoms with E-state index < -0.39 is 0 Å². The average molecular weight is 317 g/mol. The first-order chi connectivity index (χ1) is 9.24. The lowest BCUT2D eigenvalue weighted by molar-refractivity contribution is -0.119. The number of fused-ring (bicyclic) bond motifs is 1. The SMILES string of the molecule is Cl.O=C(CC1COCCN1)N1CCc2ccc(Cl)cc21. The van der Waals surface area contributed by atoms with Gasteiger partial charge in [-0.15, -0.1) is 12.4 Å². The number of benzene rings is 1. The summed E-state index contributed by atoms with van der Waals surface area (Å²) in [4.78, 5) is 14.2. The van der Waals surface area contributed by atoms with Crippen LogP contribution >= 0.6 is 24.0 Å². The van der Waals surface area contributed by atoms with Gasteiger partial charge in [-0.1, -0.05) is 17.7 Å². The van der Waals surface area contributed by atoms with Gasteiger partial charge in [0.05, 0.1) is 13.2 Å². The van der Waals surface area contributed by atoms with Crippen LogP contribution in [0.4, 0.5) is 5.69 Å². The quantitative estimate of drug-likeness (QED) is 0.907. The van der Waals surface area contributed by atoms with E-state index in [0.29, 0.717) is 18.1 Å². The molecule has 0 aliphatic carbocycles. The molecule has 1 amide bonds. The maximum absolute atomic E-state index is 12.4. The number of hydrogen-bond donors (Lipinski definition) is 1. The fraction of sp³-hybridized carbons (Fsp3) is 0.500. The molecule has 0 aromatic heterocycles. The fourth-order valence-corrected chi connectivity index (χ4v) is 2.85. The van der Waals surface area contributed by atoms with Crippen molar-refractivity contribution < 1.29 is 9.53 Å². The minimum Gasteiger partial charge on any atom is -0.378 e. The molecule has 0 saturated carbocycles. The number of ether oxygens (including phenoxy) is 1. The third-order valence-electron chi connectivity index (χ3n) is 3.66. The highest BCUT2D eigenvalue weighted by molar-refractivity contribution is 6.31. The monoisotopic (exact) mass is 316 g/mol. The van der Waals surface area contributed by atoms with Crippen molar-refractivity contribution in [2.45, 2.75) is 18.9 Å². The summed E-state index contributed by atoms with van der Waals surface area (Å²) in [5.74, 6) is 0.143. The number of nitrogens with one attached hydrogen (secondary N) is 1. The normalized spacial score (nSPS) is 21.2. The first-order valence-corrected chi connectivity index (χ1v) is 7.02. The molecule has 0 radical (unpaired) electrons. The van der Waals surface area contributed by atoms with Gasteiger partial charge in [0.15, 0.2) is 0 Å². The highest BCUT2D eigenvalue weighted by atomic mass is 35.5. The Labute approximate surface area is 129 Å². The van der Waals surface area contributed by atoms with Crippen LogP contribution in [0.2, 0.25) is 5.02 Å². The molecule has 1 fully saturated rings.